The lowest BCUT2D eigenvalue weighted by Gasteiger charge is -2.04. The van der Waals surface area contributed by atoms with Gasteiger partial charge in [0.2, 0.25) is 0 Å². The standard InChI is InChI=1S/C8H9Cl2N/c1-5-4-6(8(9)10)2-3-7(5)11/h2-4,8H,11H2,1H3. The topological polar surface area (TPSA) is 26.0 Å². The highest BCUT2D eigenvalue weighted by Crippen LogP contribution is 2.26. The monoisotopic (exact) mass is 189 g/mol. The summed E-state index contributed by atoms with van der Waals surface area (Å²) in [6.45, 7) is 1.93. The Kier molecular flexibility index (Phi) is 2.63. The second-order valence-electron chi connectivity index (χ2n) is 2.42. The molecule has 60 valence electrons. The molecular formula is C8H9Cl2N. The molecule has 0 aliphatic rings. The first kappa shape index (κ1) is 8.69. The average molecular weight is 190 g/mol. The third-order valence-corrected chi connectivity index (χ3v) is 2.05. The van der Waals surface area contributed by atoms with Crippen molar-refractivity contribution in [3.8, 4) is 0 Å². The van der Waals surface area contributed by atoms with Gasteiger partial charge in [-0.05, 0) is 24.1 Å². The second-order valence-corrected chi connectivity index (χ2v) is 3.51. The van der Waals surface area contributed by atoms with Crippen molar-refractivity contribution in [3.63, 3.8) is 0 Å². The molecule has 0 spiro atoms. The maximum atomic E-state index is 5.65. The number of alkyl halides is 2. The summed E-state index contributed by atoms with van der Waals surface area (Å²) in [6, 6.07) is 5.52. The van der Waals surface area contributed by atoms with Gasteiger partial charge in [-0.3, -0.25) is 0 Å². The van der Waals surface area contributed by atoms with Gasteiger partial charge in [-0.2, -0.15) is 0 Å². The molecular weight excluding hydrogens is 181 g/mol. The Morgan fingerprint density at radius 1 is 1.36 bits per heavy atom. The number of aryl methyl sites for hydroxylation is 1. The number of hydrogen-bond acceptors (Lipinski definition) is 1. The van der Waals surface area contributed by atoms with E-state index in [-0.39, 0.29) is 0 Å². The summed E-state index contributed by atoms with van der Waals surface area (Å²) >= 11 is 11.3. The Morgan fingerprint density at radius 2 is 2.00 bits per heavy atom. The lowest BCUT2D eigenvalue weighted by molar-refractivity contribution is 1.31. The van der Waals surface area contributed by atoms with Gasteiger partial charge in [0.25, 0.3) is 0 Å². The number of halogens is 2. The fourth-order valence-corrected chi connectivity index (χ4v) is 1.11. The Labute approximate surface area is 76.1 Å². The molecule has 0 unspecified atom stereocenters. The van der Waals surface area contributed by atoms with Gasteiger partial charge in [-0.25, -0.2) is 0 Å². The van der Waals surface area contributed by atoms with Crippen molar-refractivity contribution in [1.82, 2.24) is 0 Å². The molecule has 1 nitrogen and oxygen atoms in total. The van der Waals surface area contributed by atoms with Crippen molar-refractivity contribution in [2.45, 2.75) is 11.8 Å². The summed E-state index contributed by atoms with van der Waals surface area (Å²) in [6.07, 6.45) is 0. The van der Waals surface area contributed by atoms with Crippen LogP contribution >= 0.6 is 23.2 Å². The third-order valence-electron chi connectivity index (χ3n) is 1.55. The van der Waals surface area contributed by atoms with Gasteiger partial charge in [-0.15, -0.1) is 23.2 Å². The molecule has 3 heteroatoms. The van der Waals surface area contributed by atoms with Crippen LogP contribution in [0.25, 0.3) is 0 Å². The van der Waals surface area contributed by atoms with Crippen molar-refractivity contribution >= 4 is 28.9 Å². The number of nitrogen functional groups attached to an aromatic ring is 1. The van der Waals surface area contributed by atoms with Gasteiger partial charge in [0, 0.05) is 5.69 Å². The van der Waals surface area contributed by atoms with Crippen LogP contribution < -0.4 is 5.73 Å². The van der Waals surface area contributed by atoms with E-state index in [4.69, 9.17) is 28.9 Å². The van der Waals surface area contributed by atoms with Crippen molar-refractivity contribution < 1.29 is 0 Å². The molecule has 0 bridgehead atoms. The molecule has 1 aromatic rings. The summed E-state index contributed by atoms with van der Waals surface area (Å²) in [5.41, 5.74) is 8.27. The van der Waals surface area contributed by atoms with Gasteiger partial charge in [0.15, 0.2) is 0 Å². The van der Waals surface area contributed by atoms with Crippen LogP contribution in [0.4, 0.5) is 5.69 Å². The Morgan fingerprint density at radius 3 is 2.45 bits per heavy atom. The Balaban J connectivity index is 3.05. The summed E-state index contributed by atoms with van der Waals surface area (Å²) in [7, 11) is 0. The molecule has 0 aromatic heterocycles. The fourth-order valence-electron chi connectivity index (χ4n) is 0.835. The van der Waals surface area contributed by atoms with E-state index in [1.54, 1.807) is 0 Å². The highest BCUT2D eigenvalue weighted by molar-refractivity contribution is 6.44. The Bertz CT molecular complexity index is 258. The average Bonchev–Trinajstić information content (AvgIpc) is 1.94. The van der Waals surface area contributed by atoms with Crippen molar-refractivity contribution in [2.75, 3.05) is 5.73 Å². The lowest BCUT2D eigenvalue weighted by Crippen LogP contribution is -1.90. The lowest BCUT2D eigenvalue weighted by atomic mass is 10.1. The molecule has 2 N–H and O–H groups in total. The fraction of sp³-hybridized carbons (Fsp3) is 0.250. The summed E-state index contributed by atoms with van der Waals surface area (Å²) < 4.78 is 0. The van der Waals surface area contributed by atoms with E-state index in [1.807, 2.05) is 25.1 Å². The molecule has 0 atom stereocenters. The summed E-state index contributed by atoms with van der Waals surface area (Å²) in [4.78, 5) is -0.464. The predicted molar refractivity (Wildman–Crippen MR) is 50.0 cm³/mol. The zero-order valence-corrected chi connectivity index (χ0v) is 7.65. The number of hydrogen-bond donors (Lipinski definition) is 1. The van der Waals surface area contributed by atoms with E-state index in [1.165, 1.54) is 0 Å². The molecule has 0 radical (unpaired) electrons. The SMILES string of the molecule is Cc1cc(C(Cl)Cl)ccc1N. The minimum Gasteiger partial charge on any atom is -0.399 e. The summed E-state index contributed by atoms with van der Waals surface area (Å²) in [5.74, 6) is 0. The van der Waals surface area contributed by atoms with E-state index in [0.717, 1.165) is 16.8 Å². The zero-order chi connectivity index (χ0) is 8.43. The molecule has 0 aliphatic carbocycles. The van der Waals surface area contributed by atoms with Gasteiger partial charge < -0.3 is 5.73 Å². The van der Waals surface area contributed by atoms with Crippen LogP contribution in [0.15, 0.2) is 18.2 Å². The van der Waals surface area contributed by atoms with Crippen LogP contribution in [-0.2, 0) is 0 Å². The van der Waals surface area contributed by atoms with Crippen LogP contribution in [0, 0.1) is 6.92 Å². The highest BCUT2D eigenvalue weighted by Gasteiger charge is 2.03. The van der Waals surface area contributed by atoms with Gasteiger partial charge >= 0.3 is 0 Å². The molecule has 0 fully saturated rings. The second kappa shape index (κ2) is 3.33. The first-order valence-electron chi connectivity index (χ1n) is 3.25. The number of anilines is 1. The van der Waals surface area contributed by atoms with Gasteiger partial charge in [-0.1, -0.05) is 12.1 Å². The van der Waals surface area contributed by atoms with E-state index < -0.39 is 4.84 Å². The third kappa shape index (κ3) is 2.01. The first-order chi connectivity index (χ1) is 5.11. The predicted octanol–water partition coefficient (Wildman–Crippen LogP) is 3.05. The van der Waals surface area contributed by atoms with Crippen molar-refractivity contribution in [2.24, 2.45) is 0 Å². The molecule has 0 amide bonds. The van der Waals surface area contributed by atoms with Crippen molar-refractivity contribution in [1.29, 1.82) is 0 Å². The number of benzene rings is 1. The van der Waals surface area contributed by atoms with Crippen LogP contribution in [0.5, 0.6) is 0 Å². The minimum absolute atomic E-state index is 0.464. The maximum Gasteiger partial charge on any atom is 0.132 e. The van der Waals surface area contributed by atoms with Crippen LogP contribution in [0.3, 0.4) is 0 Å². The molecule has 0 saturated carbocycles. The van der Waals surface area contributed by atoms with Gasteiger partial charge in [0.1, 0.15) is 4.84 Å². The Hall–Kier alpha value is -0.400. The van der Waals surface area contributed by atoms with Crippen LogP contribution in [-0.4, -0.2) is 0 Å². The molecule has 0 heterocycles. The molecule has 0 aliphatic heterocycles. The number of rotatable bonds is 1. The van der Waals surface area contributed by atoms with Crippen molar-refractivity contribution in [3.05, 3.63) is 29.3 Å². The minimum atomic E-state index is -0.464. The number of nitrogens with two attached hydrogens (primary N) is 1. The van der Waals surface area contributed by atoms with Crippen LogP contribution in [0.1, 0.15) is 16.0 Å². The van der Waals surface area contributed by atoms with E-state index in [9.17, 15) is 0 Å². The van der Waals surface area contributed by atoms with Crippen LogP contribution in [0.2, 0.25) is 0 Å². The molecule has 11 heavy (non-hydrogen) atoms. The molecule has 0 saturated heterocycles. The largest absolute Gasteiger partial charge is 0.399 e. The zero-order valence-electron chi connectivity index (χ0n) is 6.14. The van der Waals surface area contributed by atoms with E-state index >= 15 is 0 Å². The maximum absolute atomic E-state index is 5.65. The highest BCUT2D eigenvalue weighted by atomic mass is 35.5. The van der Waals surface area contributed by atoms with E-state index in [0.29, 0.717) is 0 Å². The van der Waals surface area contributed by atoms with E-state index in [2.05, 4.69) is 0 Å². The molecule has 1 rings (SSSR count). The quantitative estimate of drug-likeness (QED) is 0.534. The first-order valence-corrected chi connectivity index (χ1v) is 4.12. The summed E-state index contributed by atoms with van der Waals surface area (Å²) in [5, 5.41) is 0. The van der Waals surface area contributed by atoms with Gasteiger partial charge in [0.05, 0.1) is 0 Å². The molecule has 1 aromatic carbocycles. The normalized spacial score (nSPS) is 10.5. The smallest absolute Gasteiger partial charge is 0.132 e.